The molecule has 2 rings (SSSR count). The molecule has 14 nitrogen and oxygen atoms in total. The van der Waals surface area contributed by atoms with Crippen molar-refractivity contribution < 1.29 is 43.1 Å². The summed E-state index contributed by atoms with van der Waals surface area (Å²) < 4.78 is 19.7. The summed E-state index contributed by atoms with van der Waals surface area (Å²) in [4.78, 5) is 77.6. The summed E-state index contributed by atoms with van der Waals surface area (Å²) >= 11 is 0. The number of carboxylic acids is 1. The van der Waals surface area contributed by atoms with Gasteiger partial charge in [-0.2, -0.15) is 0 Å². The summed E-state index contributed by atoms with van der Waals surface area (Å²) in [5.41, 5.74) is 1.36. The number of H-pyrrole nitrogens is 1. The second-order valence-electron chi connectivity index (χ2n) is 12.3. The van der Waals surface area contributed by atoms with Crippen molar-refractivity contribution in [1.29, 1.82) is 0 Å². The van der Waals surface area contributed by atoms with E-state index in [0.29, 0.717) is 18.4 Å². The quantitative estimate of drug-likeness (QED) is 0.108. The van der Waals surface area contributed by atoms with Crippen LogP contribution in [0.15, 0.2) is 30.5 Å². The van der Waals surface area contributed by atoms with Gasteiger partial charge in [-0.3, -0.25) is 33.1 Å². The van der Waals surface area contributed by atoms with Gasteiger partial charge in [-0.05, 0) is 29.4 Å². The highest BCUT2D eigenvalue weighted by atomic mass is 31.2. The zero-order valence-electron chi connectivity index (χ0n) is 28.2. The van der Waals surface area contributed by atoms with Crippen LogP contribution >= 0.6 is 7.60 Å². The zero-order valence-corrected chi connectivity index (χ0v) is 29.1. The number of benzene rings is 1. The third kappa shape index (κ3) is 11.5. The van der Waals surface area contributed by atoms with E-state index >= 15 is 0 Å². The molecule has 0 radical (unpaired) electrons. The molecule has 15 heteroatoms. The van der Waals surface area contributed by atoms with E-state index in [4.69, 9.17) is 9.63 Å². The van der Waals surface area contributed by atoms with Crippen molar-refractivity contribution >= 4 is 48.1 Å². The molecular weight excluding hydrogens is 629 g/mol. The van der Waals surface area contributed by atoms with Gasteiger partial charge in [0.15, 0.2) is 0 Å². The maximum absolute atomic E-state index is 14.1. The van der Waals surface area contributed by atoms with Crippen LogP contribution in [0.2, 0.25) is 0 Å². The number of carbonyl (C=O) groups excluding carboxylic acids is 4. The van der Waals surface area contributed by atoms with Crippen LogP contribution in [0.5, 0.6) is 0 Å². The second kappa shape index (κ2) is 18.0. The smallest absolute Gasteiger partial charge is 0.351 e. The Hall–Kier alpha value is -3.74. The standard InChI is InChI=1S/C32H50N5O9P/c1-8-19(5)27(35-21(7)38)31(42)37-28(20(6)9-2)30(41)36-25(16-22-17-34-24-13-11-10-12-23(22)24)47(44,45)46-29(18(3)4)32(43)33-15-14-26(39)40/h10-13,17-20,25,27-29,34H,8-9,14-16H2,1-7H3,(H,33,43)(H,35,38)(H,36,41)(H,37,42)(H,39,40)(H,44,45)/t19-,20-,25?,27-,28-,29?/m0/s1. The van der Waals surface area contributed by atoms with Crippen LogP contribution < -0.4 is 21.3 Å². The third-order valence-electron chi connectivity index (χ3n) is 8.20. The summed E-state index contributed by atoms with van der Waals surface area (Å²) in [5.74, 6) is -6.41. The number of aliphatic carboxylic acids is 1. The summed E-state index contributed by atoms with van der Waals surface area (Å²) in [6.07, 6.45) is 0.740. The van der Waals surface area contributed by atoms with Gasteiger partial charge in [0.2, 0.25) is 23.6 Å². The van der Waals surface area contributed by atoms with Crippen molar-refractivity contribution in [3.8, 4) is 0 Å². The fraction of sp³-hybridized carbons (Fsp3) is 0.594. The maximum Gasteiger partial charge on any atom is 0.351 e. The van der Waals surface area contributed by atoms with E-state index in [0.717, 1.165) is 10.9 Å². The Labute approximate surface area is 275 Å². The van der Waals surface area contributed by atoms with E-state index in [-0.39, 0.29) is 25.3 Å². The van der Waals surface area contributed by atoms with Crippen LogP contribution in [0.3, 0.4) is 0 Å². The maximum atomic E-state index is 14.1. The van der Waals surface area contributed by atoms with Crippen molar-refractivity contribution in [3.05, 3.63) is 36.0 Å². The first kappa shape index (κ1) is 39.4. The second-order valence-corrected chi connectivity index (χ2v) is 14.3. The normalized spacial score (nSPS) is 16.6. The largest absolute Gasteiger partial charge is 0.481 e. The van der Waals surface area contributed by atoms with E-state index in [2.05, 4.69) is 26.3 Å². The topological polar surface area (TPSA) is 216 Å². The van der Waals surface area contributed by atoms with Gasteiger partial charge in [0, 0.05) is 37.0 Å². The molecule has 0 fully saturated rings. The van der Waals surface area contributed by atoms with Gasteiger partial charge in [0.25, 0.3) is 0 Å². The molecule has 7 N–H and O–H groups in total. The Morgan fingerprint density at radius 1 is 0.894 bits per heavy atom. The molecule has 7 atom stereocenters. The molecule has 0 aliphatic rings. The van der Waals surface area contributed by atoms with E-state index in [1.54, 1.807) is 40.0 Å². The molecule has 1 aromatic heterocycles. The van der Waals surface area contributed by atoms with E-state index < -0.39 is 73.0 Å². The van der Waals surface area contributed by atoms with Gasteiger partial charge in [-0.1, -0.05) is 72.6 Å². The van der Waals surface area contributed by atoms with Crippen molar-refractivity contribution in [1.82, 2.24) is 26.3 Å². The molecule has 0 bridgehead atoms. The molecule has 47 heavy (non-hydrogen) atoms. The lowest BCUT2D eigenvalue weighted by Crippen LogP contribution is -2.58. The van der Waals surface area contributed by atoms with Gasteiger partial charge in [0.1, 0.15) is 24.0 Å². The number of fused-ring (bicyclic) bond motifs is 1. The number of para-hydroxylation sites is 1. The van der Waals surface area contributed by atoms with Crippen LogP contribution in [-0.2, 0) is 39.5 Å². The Kier molecular flexibility index (Phi) is 15.1. The number of nitrogens with one attached hydrogen (secondary N) is 5. The minimum atomic E-state index is -4.85. The van der Waals surface area contributed by atoms with Crippen LogP contribution in [0.25, 0.3) is 10.9 Å². The molecule has 0 saturated carbocycles. The highest BCUT2D eigenvalue weighted by molar-refractivity contribution is 7.53. The van der Waals surface area contributed by atoms with E-state index in [1.165, 1.54) is 6.92 Å². The van der Waals surface area contributed by atoms with Crippen LogP contribution in [0.1, 0.15) is 73.3 Å². The molecule has 1 heterocycles. The Bertz CT molecular complexity index is 1440. The SMILES string of the molecule is CC[C@H](C)[C@H](NC(C)=O)C(=O)N[C@H](C(=O)NC(Cc1c[nH]c2ccccc12)P(=O)(O)OC(C(=O)NCCC(=O)O)C(C)C)[C@@H](C)CC. The molecule has 262 valence electrons. The molecule has 1 aromatic carbocycles. The average molecular weight is 680 g/mol. The monoisotopic (exact) mass is 679 g/mol. The lowest BCUT2D eigenvalue weighted by Gasteiger charge is -2.32. The number of hydrogen-bond donors (Lipinski definition) is 7. The van der Waals surface area contributed by atoms with Gasteiger partial charge >= 0.3 is 13.6 Å². The van der Waals surface area contributed by atoms with Crippen LogP contribution in [0, 0.1) is 17.8 Å². The molecule has 0 aliphatic heterocycles. The lowest BCUT2D eigenvalue weighted by molar-refractivity contribution is -0.137. The van der Waals surface area contributed by atoms with Crippen molar-refractivity contribution in [2.24, 2.45) is 17.8 Å². The first-order chi connectivity index (χ1) is 22.0. The van der Waals surface area contributed by atoms with Gasteiger partial charge in [-0.25, -0.2) is 0 Å². The molecule has 3 unspecified atom stereocenters. The minimum absolute atomic E-state index is 0.169. The number of aromatic amines is 1. The fourth-order valence-corrected chi connectivity index (χ4v) is 6.51. The molecule has 2 aromatic rings. The summed E-state index contributed by atoms with van der Waals surface area (Å²) in [7, 11) is -4.85. The first-order valence-corrected chi connectivity index (χ1v) is 17.6. The van der Waals surface area contributed by atoms with Gasteiger partial charge in [0.05, 0.1) is 6.42 Å². The molecular formula is C32H50N5O9P. The molecule has 0 aliphatic carbocycles. The summed E-state index contributed by atoms with van der Waals surface area (Å²) in [5, 5.41) is 20.1. The van der Waals surface area contributed by atoms with Gasteiger partial charge < -0.3 is 36.3 Å². The number of aromatic nitrogens is 1. The summed E-state index contributed by atoms with van der Waals surface area (Å²) in [6, 6.07) is 5.22. The number of hydrogen-bond acceptors (Lipinski definition) is 7. The van der Waals surface area contributed by atoms with E-state index in [9.17, 15) is 33.4 Å². The van der Waals surface area contributed by atoms with Crippen molar-refractivity contribution in [2.75, 3.05) is 6.54 Å². The van der Waals surface area contributed by atoms with Gasteiger partial charge in [-0.15, -0.1) is 0 Å². The minimum Gasteiger partial charge on any atom is -0.481 e. The van der Waals surface area contributed by atoms with Crippen molar-refractivity contribution in [2.45, 2.75) is 98.1 Å². The number of rotatable bonds is 19. The molecule has 0 saturated heterocycles. The average Bonchev–Trinajstić information content (AvgIpc) is 3.42. The molecule has 4 amide bonds. The Morgan fingerprint density at radius 2 is 1.47 bits per heavy atom. The summed E-state index contributed by atoms with van der Waals surface area (Å²) in [6.45, 7) is 11.6. The number of amides is 4. The predicted molar refractivity (Wildman–Crippen MR) is 177 cm³/mol. The fourth-order valence-electron chi connectivity index (χ4n) is 4.98. The highest BCUT2D eigenvalue weighted by Gasteiger charge is 2.42. The Morgan fingerprint density at radius 3 is 2.02 bits per heavy atom. The highest BCUT2D eigenvalue weighted by Crippen LogP contribution is 2.50. The number of carboxylic acid groups (broad SMARTS) is 1. The van der Waals surface area contributed by atoms with Crippen molar-refractivity contribution in [3.63, 3.8) is 0 Å². The lowest BCUT2D eigenvalue weighted by atomic mass is 9.95. The predicted octanol–water partition coefficient (Wildman–Crippen LogP) is 3.05. The third-order valence-corrected chi connectivity index (χ3v) is 9.83. The van der Waals surface area contributed by atoms with E-state index in [1.807, 2.05) is 32.0 Å². The zero-order chi connectivity index (χ0) is 35.5. The van der Waals surface area contributed by atoms with Crippen LogP contribution in [0.4, 0.5) is 0 Å². The Balaban J connectivity index is 2.47. The van der Waals surface area contributed by atoms with Crippen LogP contribution in [-0.4, -0.2) is 75.1 Å². The first-order valence-electron chi connectivity index (χ1n) is 15.9. The number of carbonyl (C=O) groups is 5. The molecule has 0 spiro atoms.